The molecular weight excluding hydrogens is 162 g/mol. The molecule has 0 bridgehead atoms. The Morgan fingerprint density at radius 3 is 3.08 bits per heavy atom. The molecule has 0 atom stereocenters. The van der Waals surface area contributed by atoms with Gasteiger partial charge in [-0.15, -0.1) is 0 Å². The highest BCUT2D eigenvalue weighted by molar-refractivity contribution is 5.76. The summed E-state index contributed by atoms with van der Waals surface area (Å²) in [5.41, 5.74) is 0.453. The molecule has 0 spiro atoms. The first-order chi connectivity index (χ1) is 5.74. The number of carboxylic acids is 1. The highest BCUT2D eigenvalue weighted by Gasteiger charge is 2.08. The van der Waals surface area contributed by atoms with E-state index in [0.717, 1.165) is 0 Å². The molecule has 1 rings (SSSR count). The molecule has 0 aliphatic carbocycles. The van der Waals surface area contributed by atoms with Gasteiger partial charge in [0.1, 0.15) is 0 Å². The summed E-state index contributed by atoms with van der Waals surface area (Å²) in [6.07, 6.45) is 1.60. The molecule has 0 saturated carbocycles. The number of anilines is 1. The Labute approximate surface area is 68.0 Å². The number of hydrogen-bond donors (Lipinski definition) is 2. The van der Waals surface area contributed by atoms with E-state index >= 15 is 0 Å². The Hall–Kier alpha value is -1.78. The van der Waals surface area contributed by atoms with E-state index in [2.05, 4.69) is 5.32 Å². The van der Waals surface area contributed by atoms with Gasteiger partial charge in [-0.3, -0.25) is 14.9 Å². The Morgan fingerprint density at radius 1 is 1.75 bits per heavy atom. The second-order valence-electron chi connectivity index (χ2n) is 2.11. The van der Waals surface area contributed by atoms with Gasteiger partial charge in [-0.2, -0.15) is 0 Å². The molecule has 0 saturated heterocycles. The van der Waals surface area contributed by atoms with Crippen LogP contribution in [0.5, 0.6) is 0 Å². The van der Waals surface area contributed by atoms with Crippen molar-refractivity contribution in [2.45, 2.75) is 6.42 Å². The van der Waals surface area contributed by atoms with Gasteiger partial charge in [0.05, 0.1) is 12.7 Å². The fraction of sp³-hybridized carbons (Fsp3) is 0.143. The first-order valence-corrected chi connectivity index (χ1v) is 3.22. The lowest BCUT2D eigenvalue weighted by molar-refractivity contribution is -0.136. The number of carbonyl (C=O) groups is 2. The Kier molecular flexibility index (Phi) is 2.47. The topological polar surface area (TPSA) is 79.5 Å². The Morgan fingerprint density at radius 2 is 2.50 bits per heavy atom. The number of aliphatic carboxylic acids is 1. The van der Waals surface area contributed by atoms with E-state index in [9.17, 15) is 9.59 Å². The van der Waals surface area contributed by atoms with Crippen molar-refractivity contribution < 1.29 is 19.1 Å². The van der Waals surface area contributed by atoms with Gasteiger partial charge in [-0.25, -0.2) is 0 Å². The summed E-state index contributed by atoms with van der Waals surface area (Å²) in [5, 5.41) is 10.7. The second-order valence-corrected chi connectivity index (χ2v) is 2.11. The van der Waals surface area contributed by atoms with E-state index < -0.39 is 5.97 Å². The highest BCUT2D eigenvalue weighted by Crippen LogP contribution is 2.16. The molecule has 0 aromatic carbocycles. The molecule has 5 heteroatoms. The first kappa shape index (κ1) is 8.32. The molecule has 12 heavy (non-hydrogen) atoms. The number of amides is 1. The van der Waals surface area contributed by atoms with Crippen LogP contribution in [0.15, 0.2) is 16.7 Å². The fourth-order valence-corrected chi connectivity index (χ4v) is 0.818. The number of rotatable bonds is 4. The maximum absolute atomic E-state index is 10.3. The smallest absolute Gasteiger partial charge is 0.308 e. The number of carboxylic acid groups (broad SMARTS) is 1. The standard InChI is InChI=1S/C7H7NO4/c9-4-8-7-5(1-2-12-7)3-6(10)11/h1-2,4H,3H2,(H,8,9)(H,10,11). The van der Waals surface area contributed by atoms with E-state index in [4.69, 9.17) is 9.52 Å². The van der Waals surface area contributed by atoms with Crippen LogP contribution in [0.1, 0.15) is 5.56 Å². The lowest BCUT2D eigenvalue weighted by Crippen LogP contribution is -2.02. The molecule has 1 aromatic rings. The molecule has 0 fully saturated rings. The van der Waals surface area contributed by atoms with Gasteiger partial charge in [0.15, 0.2) is 0 Å². The molecule has 64 valence electrons. The van der Waals surface area contributed by atoms with E-state index in [0.29, 0.717) is 12.0 Å². The molecule has 1 amide bonds. The summed E-state index contributed by atoms with van der Waals surface area (Å²) < 4.78 is 4.80. The van der Waals surface area contributed by atoms with Crippen molar-refractivity contribution in [2.24, 2.45) is 0 Å². The number of carbonyl (C=O) groups excluding carboxylic acids is 1. The van der Waals surface area contributed by atoms with Crippen molar-refractivity contribution in [3.05, 3.63) is 17.9 Å². The van der Waals surface area contributed by atoms with Crippen molar-refractivity contribution in [1.29, 1.82) is 0 Å². The van der Waals surface area contributed by atoms with E-state index in [1.54, 1.807) is 0 Å². The summed E-state index contributed by atoms with van der Waals surface area (Å²) in [6, 6.07) is 1.50. The van der Waals surface area contributed by atoms with Gasteiger partial charge < -0.3 is 9.52 Å². The van der Waals surface area contributed by atoms with Crippen molar-refractivity contribution in [3.8, 4) is 0 Å². The van der Waals surface area contributed by atoms with E-state index in [-0.39, 0.29) is 12.3 Å². The number of hydrogen-bond acceptors (Lipinski definition) is 3. The van der Waals surface area contributed by atoms with Crippen LogP contribution in [-0.2, 0) is 16.0 Å². The van der Waals surface area contributed by atoms with Crippen LogP contribution >= 0.6 is 0 Å². The summed E-state index contributed by atoms with van der Waals surface area (Å²) in [7, 11) is 0. The van der Waals surface area contributed by atoms with Gasteiger partial charge in [0.2, 0.25) is 12.3 Å². The Balaban J connectivity index is 2.76. The van der Waals surface area contributed by atoms with Crippen molar-refractivity contribution in [2.75, 3.05) is 5.32 Å². The van der Waals surface area contributed by atoms with Crippen LogP contribution in [0.25, 0.3) is 0 Å². The summed E-state index contributed by atoms with van der Waals surface area (Å²) in [4.78, 5) is 20.3. The lowest BCUT2D eigenvalue weighted by Gasteiger charge is -1.95. The first-order valence-electron chi connectivity index (χ1n) is 3.22. The van der Waals surface area contributed by atoms with E-state index in [1.807, 2.05) is 0 Å². The van der Waals surface area contributed by atoms with Crippen LogP contribution in [0.3, 0.4) is 0 Å². The normalized spacial score (nSPS) is 9.33. The molecule has 0 aliphatic rings. The quantitative estimate of drug-likeness (QED) is 0.642. The van der Waals surface area contributed by atoms with Crippen LogP contribution < -0.4 is 5.32 Å². The maximum atomic E-state index is 10.3. The van der Waals surface area contributed by atoms with Crippen LogP contribution in [-0.4, -0.2) is 17.5 Å². The Bertz CT molecular complexity index is 291. The third-order valence-corrected chi connectivity index (χ3v) is 1.28. The molecule has 1 aromatic heterocycles. The lowest BCUT2D eigenvalue weighted by atomic mass is 10.2. The predicted molar refractivity (Wildman–Crippen MR) is 39.7 cm³/mol. The molecule has 0 aliphatic heterocycles. The molecule has 5 nitrogen and oxygen atoms in total. The predicted octanol–water partition coefficient (Wildman–Crippen LogP) is 0.475. The summed E-state index contributed by atoms with van der Waals surface area (Å²) >= 11 is 0. The molecule has 2 N–H and O–H groups in total. The maximum Gasteiger partial charge on any atom is 0.308 e. The monoisotopic (exact) mass is 169 g/mol. The number of furan rings is 1. The zero-order valence-corrected chi connectivity index (χ0v) is 6.11. The van der Waals surface area contributed by atoms with Crippen LogP contribution in [0, 0.1) is 0 Å². The minimum absolute atomic E-state index is 0.160. The van der Waals surface area contributed by atoms with E-state index in [1.165, 1.54) is 12.3 Å². The molecular formula is C7H7NO4. The van der Waals surface area contributed by atoms with Gasteiger partial charge in [-0.05, 0) is 6.07 Å². The minimum atomic E-state index is -0.967. The van der Waals surface area contributed by atoms with Crippen molar-refractivity contribution >= 4 is 18.3 Å². The number of nitrogens with one attached hydrogen (secondary N) is 1. The van der Waals surface area contributed by atoms with Crippen LogP contribution in [0.4, 0.5) is 5.88 Å². The van der Waals surface area contributed by atoms with Gasteiger partial charge in [0.25, 0.3) is 0 Å². The SMILES string of the molecule is O=CNc1occc1CC(=O)O. The molecule has 1 heterocycles. The zero-order valence-electron chi connectivity index (χ0n) is 6.11. The minimum Gasteiger partial charge on any atom is -0.481 e. The third kappa shape index (κ3) is 1.85. The summed E-state index contributed by atoms with van der Waals surface area (Å²) in [5.74, 6) is -0.780. The second kappa shape index (κ2) is 3.56. The molecule has 0 radical (unpaired) electrons. The van der Waals surface area contributed by atoms with Gasteiger partial charge in [0, 0.05) is 5.56 Å². The van der Waals surface area contributed by atoms with Crippen molar-refractivity contribution in [1.82, 2.24) is 0 Å². The average molecular weight is 169 g/mol. The summed E-state index contributed by atoms with van der Waals surface area (Å²) in [6.45, 7) is 0. The van der Waals surface area contributed by atoms with Gasteiger partial charge in [-0.1, -0.05) is 0 Å². The largest absolute Gasteiger partial charge is 0.481 e. The molecule has 0 unspecified atom stereocenters. The fourth-order valence-electron chi connectivity index (χ4n) is 0.818. The average Bonchev–Trinajstić information content (AvgIpc) is 2.37. The van der Waals surface area contributed by atoms with Crippen LogP contribution in [0.2, 0.25) is 0 Å². The zero-order chi connectivity index (χ0) is 8.97. The van der Waals surface area contributed by atoms with Crippen molar-refractivity contribution in [3.63, 3.8) is 0 Å². The third-order valence-electron chi connectivity index (χ3n) is 1.28. The highest BCUT2D eigenvalue weighted by atomic mass is 16.4. The van der Waals surface area contributed by atoms with Gasteiger partial charge >= 0.3 is 5.97 Å².